The molecule has 0 bridgehead atoms. The van der Waals surface area contributed by atoms with Gasteiger partial charge in [0.05, 0.1) is 4.88 Å². The van der Waals surface area contributed by atoms with Crippen LogP contribution in [0.25, 0.3) is 0 Å². The highest BCUT2D eigenvalue weighted by atomic mass is 32.1. The monoisotopic (exact) mass is 198 g/mol. The van der Waals surface area contributed by atoms with Gasteiger partial charge in [0, 0.05) is 5.56 Å². The third kappa shape index (κ3) is 1.41. The van der Waals surface area contributed by atoms with Crippen LogP contribution >= 0.6 is 11.3 Å². The van der Waals surface area contributed by atoms with Gasteiger partial charge in [0.1, 0.15) is 0 Å². The maximum Gasteiger partial charge on any atom is 0.180 e. The minimum absolute atomic E-state index is 0.00653. The van der Waals surface area contributed by atoms with E-state index >= 15 is 0 Å². The van der Waals surface area contributed by atoms with Crippen LogP contribution < -0.4 is 0 Å². The lowest BCUT2D eigenvalue weighted by Crippen LogP contribution is -2.04. The van der Waals surface area contributed by atoms with Crippen LogP contribution in [0.1, 0.15) is 40.6 Å². The minimum atomic E-state index is -0.139. The number of hydrogen-bond acceptors (Lipinski definition) is 2. The fourth-order valence-corrected chi connectivity index (χ4v) is 2.89. The number of Topliss-reactive ketones (excluding diaryl/α,β-unsaturated/α-hetero) is 1. The van der Waals surface area contributed by atoms with Crippen molar-refractivity contribution in [1.29, 1.82) is 0 Å². The Morgan fingerprint density at radius 1 is 1.31 bits per heavy atom. The van der Waals surface area contributed by atoms with Gasteiger partial charge in [-0.05, 0) is 38.2 Å². The van der Waals surface area contributed by atoms with Crippen molar-refractivity contribution < 1.29 is 9.18 Å². The smallest absolute Gasteiger partial charge is 0.180 e. The number of thiophene rings is 1. The van der Waals surface area contributed by atoms with Gasteiger partial charge in [-0.2, -0.15) is 4.39 Å². The molecule has 0 radical (unpaired) electrons. The summed E-state index contributed by atoms with van der Waals surface area (Å²) in [7, 11) is 0. The van der Waals surface area contributed by atoms with Gasteiger partial charge in [-0.1, -0.05) is 0 Å². The van der Waals surface area contributed by atoms with Crippen molar-refractivity contribution in [3.05, 3.63) is 21.1 Å². The number of hydrogen-bond donors (Lipinski definition) is 0. The molecule has 1 aliphatic carbocycles. The summed E-state index contributed by atoms with van der Waals surface area (Å²) in [6.07, 6.45) is 3.83. The Kier molecular flexibility index (Phi) is 2.20. The van der Waals surface area contributed by atoms with E-state index in [2.05, 4.69) is 0 Å². The predicted molar refractivity (Wildman–Crippen MR) is 50.9 cm³/mol. The molecule has 1 aromatic heterocycles. The van der Waals surface area contributed by atoms with Crippen molar-refractivity contribution in [3.63, 3.8) is 0 Å². The molecule has 0 saturated heterocycles. The molecular formula is C10H11FOS. The van der Waals surface area contributed by atoms with Crippen LogP contribution in [0.5, 0.6) is 0 Å². The molecular weight excluding hydrogens is 187 g/mol. The summed E-state index contributed by atoms with van der Waals surface area (Å²) in [5.74, 6) is 0.00653. The SMILES string of the molecule is CC(=O)c1sc(F)c2c1CCCC2. The van der Waals surface area contributed by atoms with Crippen LogP contribution in [-0.4, -0.2) is 5.78 Å². The second kappa shape index (κ2) is 3.22. The fourth-order valence-electron chi connectivity index (χ4n) is 1.87. The number of halogens is 1. The Morgan fingerprint density at radius 2 is 1.92 bits per heavy atom. The van der Waals surface area contributed by atoms with Crippen molar-refractivity contribution in [2.45, 2.75) is 32.6 Å². The van der Waals surface area contributed by atoms with Crippen LogP contribution in [0.2, 0.25) is 0 Å². The molecule has 2 rings (SSSR count). The molecule has 0 aliphatic heterocycles. The largest absolute Gasteiger partial charge is 0.294 e. The highest BCUT2D eigenvalue weighted by Crippen LogP contribution is 2.33. The molecule has 0 atom stereocenters. The fraction of sp³-hybridized carbons (Fsp3) is 0.500. The average Bonchev–Trinajstić information content (AvgIpc) is 2.45. The maximum absolute atomic E-state index is 13.3. The molecule has 0 spiro atoms. The van der Waals surface area contributed by atoms with E-state index in [-0.39, 0.29) is 10.9 Å². The molecule has 1 nitrogen and oxygen atoms in total. The van der Waals surface area contributed by atoms with Gasteiger partial charge < -0.3 is 0 Å². The van der Waals surface area contributed by atoms with Crippen LogP contribution in [0.15, 0.2) is 0 Å². The Bertz CT molecular complexity index is 354. The highest BCUT2D eigenvalue weighted by molar-refractivity contribution is 7.12. The molecule has 0 aromatic carbocycles. The van der Waals surface area contributed by atoms with E-state index in [1.807, 2.05) is 0 Å². The number of carbonyl (C=O) groups excluding carboxylic acids is 1. The second-order valence-corrected chi connectivity index (χ2v) is 4.40. The second-order valence-electron chi connectivity index (χ2n) is 3.43. The first kappa shape index (κ1) is 8.88. The van der Waals surface area contributed by atoms with Gasteiger partial charge in [0.15, 0.2) is 10.9 Å². The van der Waals surface area contributed by atoms with Gasteiger partial charge in [0.2, 0.25) is 0 Å². The molecule has 0 unspecified atom stereocenters. The van der Waals surface area contributed by atoms with Crippen LogP contribution in [0.4, 0.5) is 4.39 Å². The predicted octanol–water partition coefficient (Wildman–Crippen LogP) is 2.97. The lowest BCUT2D eigenvalue weighted by atomic mass is 9.93. The van der Waals surface area contributed by atoms with Gasteiger partial charge >= 0.3 is 0 Å². The molecule has 3 heteroatoms. The molecule has 1 aromatic rings. The highest BCUT2D eigenvalue weighted by Gasteiger charge is 2.22. The summed E-state index contributed by atoms with van der Waals surface area (Å²) in [5, 5.41) is -0.139. The van der Waals surface area contributed by atoms with Crippen LogP contribution in [0.3, 0.4) is 0 Å². The summed E-state index contributed by atoms with van der Waals surface area (Å²) < 4.78 is 13.3. The van der Waals surface area contributed by atoms with E-state index in [4.69, 9.17) is 0 Å². The molecule has 1 heterocycles. The summed E-state index contributed by atoms with van der Waals surface area (Å²) in [4.78, 5) is 11.8. The van der Waals surface area contributed by atoms with E-state index in [1.54, 1.807) is 0 Å². The van der Waals surface area contributed by atoms with Crippen molar-refractivity contribution in [3.8, 4) is 0 Å². The summed E-state index contributed by atoms with van der Waals surface area (Å²) in [6.45, 7) is 1.51. The lowest BCUT2D eigenvalue weighted by molar-refractivity contribution is 0.102. The van der Waals surface area contributed by atoms with Crippen LogP contribution in [-0.2, 0) is 12.8 Å². The Labute approximate surface area is 80.6 Å². The van der Waals surface area contributed by atoms with Crippen molar-refractivity contribution in [2.75, 3.05) is 0 Å². The number of fused-ring (bicyclic) bond motifs is 1. The molecule has 0 saturated carbocycles. The molecule has 0 fully saturated rings. The zero-order chi connectivity index (χ0) is 9.42. The normalized spacial score (nSPS) is 15.5. The van der Waals surface area contributed by atoms with E-state index in [0.29, 0.717) is 4.88 Å². The molecule has 70 valence electrons. The zero-order valence-corrected chi connectivity index (χ0v) is 8.34. The molecule has 0 amide bonds. The molecule has 13 heavy (non-hydrogen) atoms. The number of rotatable bonds is 1. The number of ketones is 1. The van der Waals surface area contributed by atoms with Gasteiger partial charge in [0.25, 0.3) is 0 Å². The molecule has 0 N–H and O–H groups in total. The van der Waals surface area contributed by atoms with Gasteiger partial charge in [-0.15, -0.1) is 11.3 Å². The average molecular weight is 198 g/mol. The molecule has 1 aliphatic rings. The first-order valence-electron chi connectivity index (χ1n) is 4.51. The summed E-state index contributed by atoms with van der Waals surface area (Å²) in [5.41, 5.74) is 1.79. The lowest BCUT2D eigenvalue weighted by Gasteiger charge is -2.11. The third-order valence-corrected chi connectivity index (χ3v) is 3.65. The van der Waals surface area contributed by atoms with Crippen molar-refractivity contribution in [2.24, 2.45) is 0 Å². The van der Waals surface area contributed by atoms with Gasteiger partial charge in [-0.25, -0.2) is 0 Å². The van der Waals surface area contributed by atoms with Crippen molar-refractivity contribution in [1.82, 2.24) is 0 Å². The minimum Gasteiger partial charge on any atom is -0.294 e. The van der Waals surface area contributed by atoms with E-state index in [0.717, 1.165) is 48.1 Å². The first-order valence-corrected chi connectivity index (χ1v) is 5.32. The van der Waals surface area contributed by atoms with E-state index in [9.17, 15) is 9.18 Å². The first-order chi connectivity index (χ1) is 6.20. The topological polar surface area (TPSA) is 17.1 Å². The standard InChI is InChI=1S/C10H11FOS/c1-6(12)9-7-4-2-3-5-8(7)10(11)13-9/h2-5H2,1H3. The summed E-state index contributed by atoms with van der Waals surface area (Å²) in [6, 6.07) is 0. The maximum atomic E-state index is 13.3. The van der Waals surface area contributed by atoms with Crippen LogP contribution in [0, 0.1) is 5.13 Å². The van der Waals surface area contributed by atoms with Gasteiger partial charge in [-0.3, -0.25) is 4.79 Å². The Balaban J connectivity index is 2.53. The van der Waals surface area contributed by atoms with E-state index in [1.165, 1.54) is 6.92 Å². The Morgan fingerprint density at radius 3 is 2.54 bits per heavy atom. The number of carbonyl (C=O) groups is 1. The summed E-state index contributed by atoms with van der Waals surface area (Å²) >= 11 is 1.02. The Hall–Kier alpha value is -0.700. The quantitative estimate of drug-likeness (QED) is 0.634. The zero-order valence-electron chi connectivity index (χ0n) is 7.52. The van der Waals surface area contributed by atoms with Crippen molar-refractivity contribution >= 4 is 17.1 Å². The van der Waals surface area contributed by atoms with E-state index < -0.39 is 0 Å². The third-order valence-electron chi connectivity index (χ3n) is 2.49.